The molecule has 0 aliphatic heterocycles. The molecule has 0 aliphatic carbocycles. The van der Waals surface area contributed by atoms with Crippen molar-refractivity contribution in [2.45, 2.75) is 26.2 Å². The van der Waals surface area contributed by atoms with E-state index < -0.39 is 0 Å². The van der Waals surface area contributed by atoms with E-state index in [4.69, 9.17) is 16.3 Å². The Bertz CT molecular complexity index is 894. The third-order valence-electron chi connectivity index (χ3n) is 4.02. The zero-order valence-electron chi connectivity index (χ0n) is 14.1. The number of fused-ring (bicyclic) bond motifs is 1. The van der Waals surface area contributed by atoms with Gasteiger partial charge >= 0.3 is 0 Å². The lowest BCUT2D eigenvalue weighted by Crippen LogP contribution is -2.20. The van der Waals surface area contributed by atoms with E-state index in [1.165, 1.54) is 11.3 Å². The number of carbonyl (C=O) groups excluding carboxylic acids is 1. The maximum atomic E-state index is 12.2. The Kier molecular flexibility index (Phi) is 5.56. The molecule has 130 valence electrons. The van der Waals surface area contributed by atoms with Crippen molar-refractivity contribution in [2.75, 3.05) is 11.9 Å². The normalized spacial score (nSPS) is 12.1. The largest absolute Gasteiger partial charge is 0.483 e. The summed E-state index contributed by atoms with van der Waals surface area (Å²) in [5.41, 5.74) is 1.93. The molecule has 0 bridgehead atoms. The number of nitrogens with zero attached hydrogens (tertiary/aromatic N) is 1. The third kappa shape index (κ3) is 4.30. The predicted molar refractivity (Wildman–Crippen MR) is 104 cm³/mol. The van der Waals surface area contributed by atoms with E-state index in [9.17, 15) is 4.79 Å². The molecule has 0 radical (unpaired) electrons. The van der Waals surface area contributed by atoms with Crippen molar-refractivity contribution < 1.29 is 9.53 Å². The molecule has 4 nitrogen and oxygen atoms in total. The molecule has 0 saturated heterocycles. The van der Waals surface area contributed by atoms with Crippen molar-refractivity contribution in [1.29, 1.82) is 0 Å². The highest BCUT2D eigenvalue weighted by Gasteiger charge is 2.12. The van der Waals surface area contributed by atoms with Crippen molar-refractivity contribution in [3.8, 4) is 5.75 Å². The molecular weight excluding hydrogens is 356 g/mol. The average Bonchev–Trinajstić information content (AvgIpc) is 3.00. The van der Waals surface area contributed by atoms with Crippen LogP contribution in [0.25, 0.3) is 10.2 Å². The number of hydrogen-bond acceptors (Lipinski definition) is 4. The van der Waals surface area contributed by atoms with Gasteiger partial charge in [0.25, 0.3) is 5.91 Å². The fourth-order valence-electron chi connectivity index (χ4n) is 2.49. The average molecular weight is 375 g/mol. The van der Waals surface area contributed by atoms with Gasteiger partial charge < -0.3 is 4.74 Å². The molecule has 0 spiro atoms. The summed E-state index contributed by atoms with van der Waals surface area (Å²) < 4.78 is 6.67. The van der Waals surface area contributed by atoms with Crippen molar-refractivity contribution in [3.05, 3.63) is 53.1 Å². The topological polar surface area (TPSA) is 51.2 Å². The van der Waals surface area contributed by atoms with Gasteiger partial charge in [-0.2, -0.15) is 0 Å². The van der Waals surface area contributed by atoms with Crippen LogP contribution in [-0.4, -0.2) is 17.5 Å². The molecule has 2 aromatic carbocycles. The molecule has 3 rings (SSSR count). The van der Waals surface area contributed by atoms with Gasteiger partial charge in [0.2, 0.25) is 0 Å². The second-order valence-electron chi connectivity index (χ2n) is 5.82. The molecule has 25 heavy (non-hydrogen) atoms. The highest BCUT2D eigenvalue weighted by Crippen LogP contribution is 2.29. The molecule has 0 saturated carbocycles. The number of carbonyl (C=O) groups is 1. The fraction of sp³-hybridized carbons (Fsp3) is 0.263. The molecule has 3 aromatic rings. The van der Waals surface area contributed by atoms with Crippen LogP contribution in [0.3, 0.4) is 0 Å². The summed E-state index contributed by atoms with van der Waals surface area (Å²) in [5, 5.41) is 3.98. The van der Waals surface area contributed by atoms with Crippen LogP contribution in [0.5, 0.6) is 5.75 Å². The SMILES string of the molecule is CCC(C)c1ccccc1OCC(=O)Nc1nc2ccc(Cl)cc2s1. The highest BCUT2D eigenvalue weighted by atomic mass is 35.5. The summed E-state index contributed by atoms with van der Waals surface area (Å²) in [7, 11) is 0. The minimum atomic E-state index is -0.232. The maximum absolute atomic E-state index is 12.2. The monoisotopic (exact) mass is 374 g/mol. The van der Waals surface area contributed by atoms with Crippen LogP contribution in [0.2, 0.25) is 5.02 Å². The molecule has 1 heterocycles. The van der Waals surface area contributed by atoms with Gasteiger partial charge in [0, 0.05) is 5.02 Å². The van der Waals surface area contributed by atoms with Crippen LogP contribution < -0.4 is 10.1 Å². The Labute approximate surface area is 155 Å². The standard InChI is InChI=1S/C19H19ClN2O2S/c1-3-12(2)14-6-4-5-7-16(14)24-11-18(23)22-19-21-15-9-8-13(20)10-17(15)25-19/h4-10,12H,3,11H2,1-2H3,(H,21,22,23). The van der Waals surface area contributed by atoms with E-state index in [0.717, 1.165) is 28.0 Å². The molecule has 1 atom stereocenters. The first-order chi connectivity index (χ1) is 12.1. The summed E-state index contributed by atoms with van der Waals surface area (Å²) in [5.74, 6) is 0.903. The van der Waals surface area contributed by atoms with Gasteiger partial charge in [-0.1, -0.05) is 55.0 Å². The molecule has 0 aliphatic rings. The summed E-state index contributed by atoms with van der Waals surface area (Å²) in [4.78, 5) is 16.6. The van der Waals surface area contributed by atoms with Crippen LogP contribution in [-0.2, 0) is 4.79 Å². The van der Waals surface area contributed by atoms with Gasteiger partial charge in [0.1, 0.15) is 5.75 Å². The second kappa shape index (κ2) is 7.85. The van der Waals surface area contributed by atoms with Crippen LogP contribution >= 0.6 is 22.9 Å². The number of benzene rings is 2. The number of thiazole rings is 1. The number of hydrogen-bond donors (Lipinski definition) is 1. The summed E-state index contributed by atoms with van der Waals surface area (Å²) >= 11 is 7.37. The lowest BCUT2D eigenvalue weighted by Gasteiger charge is -2.15. The number of para-hydroxylation sites is 1. The zero-order chi connectivity index (χ0) is 17.8. The molecule has 1 amide bonds. The summed E-state index contributed by atoms with van der Waals surface area (Å²) in [6.45, 7) is 4.23. The minimum absolute atomic E-state index is 0.0515. The van der Waals surface area contributed by atoms with Crippen molar-refractivity contribution in [3.63, 3.8) is 0 Å². The van der Waals surface area contributed by atoms with Crippen molar-refractivity contribution in [1.82, 2.24) is 4.98 Å². The lowest BCUT2D eigenvalue weighted by molar-refractivity contribution is -0.118. The van der Waals surface area contributed by atoms with Gasteiger partial charge in [0.05, 0.1) is 10.2 Å². The summed E-state index contributed by atoms with van der Waals surface area (Å²) in [6.07, 6.45) is 1.01. The van der Waals surface area contributed by atoms with Crippen LogP contribution in [0.1, 0.15) is 31.7 Å². The first-order valence-corrected chi connectivity index (χ1v) is 9.34. The zero-order valence-corrected chi connectivity index (χ0v) is 15.7. The summed E-state index contributed by atoms with van der Waals surface area (Å²) in [6, 6.07) is 13.3. The first-order valence-electron chi connectivity index (χ1n) is 8.14. The lowest BCUT2D eigenvalue weighted by atomic mass is 9.98. The number of anilines is 1. The van der Waals surface area contributed by atoms with Gasteiger partial charge in [-0.05, 0) is 42.2 Å². The number of ether oxygens (including phenoxy) is 1. The van der Waals surface area contributed by atoms with E-state index in [-0.39, 0.29) is 12.5 Å². The number of aromatic nitrogens is 1. The Balaban J connectivity index is 1.65. The highest BCUT2D eigenvalue weighted by molar-refractivity contribution is 7.22. The number of amides is 1. The van der Waals surface area contributed by atoms with Crippen molar-refractivity contribution >= 4 is 44.2 Å². The van der Waals surface area contributed by atoms with Gasteiger partial charge in [-0.3, -0.25) is 10.1 Å². The van der Waals surface area contributed by atoms with E-state index in [1.807, 2.05) is 36.4 Å². The Morgan fingerprint density at radius 1 is 1.32 bits per heavy atom. The van der Waals surface area contributed by atoms with Gasteiger partial charge in [-0.25, -0.2) is 4.98 Å². The van der Waals surface area contributed by atoms with Crippen LogP contribution in [0.4, 0.5) is 5.13 Å². The van der Waals surface area contributed by atoms with E-state index >= 15 is 0 Å². The quantitative estimate of drug-likeness (QED) is 0.621. The number of rotatable bonds is 6. The van der Waals surface area contributed by atoms with E-state index in [1.54, 1.807) is 6.07 Å². The van der Waals surface area contributed by atoms with E-state index in [2.05, 4.69) is 24.1 Å². The smallest absolute Gasteiger partial charge is 0.264 e. The van der Waals surface area contributed by atoms with E-state index in [0.29, 0.717) is 16.1 Å². The Morgan fingerprint density at radius 2 is 2.12 bits per heavy atom. The molecular formula is C19H19ClN2O2S. The van der Waals surface area contributed by atoms with Gasteiger partial charge in [-0.15, -0.1) is 0 Å². The maximum Gasteiger partial charge on any atom is 0.264 e. The molecule has 1 N–H and O–H groups in total. The molecule has 6 heteroatoms. The first kappa shape index (κ1) is 17.7. The number of halogens is 1. The Morgan fingerprint density at radius 3 is 2.92 bits per heavy atom. The molecule has 1 aromatic heterocycles. The van der Waals surface area contributed by atoms with Crippen molar-refractivity contribution in [2.24, 2.45) is 0 Å². The Hall–Kier alpha value is -2.11. The fourth-order valence-corrected chi connectivity index (χ4v) is 3.65. The molecule has 1 unspecified atom stereocenters. The van der Waals surface area contributed by atoms with Gasteiger partial charge in [0.15, 0.2) is 11.7 Å². The minimum Gasteiger partial charge on any atom is -0.483 e. The predicted octanol–water partition coefficient (Wildman–Crippen LogP) is 5.48. The number of nitrogens with one attached hydrogen (secondary N) is 1. The van der Waals surface area contributed by atoms with Crippen LogP contribution in [0, 0.1) is 0 Å². The third-order valence-corrected chi connectivity index (χ3v) is 5.19. The van der Waals surface area contributed by atoms with Crippen LogP contribution in [0.15, 0.2) is 42.5 Å². The molecule has 0 fully saturated rings. The second-order valence-corrected chi connectivity index (χ2v) is 7.28.